The zero-order valence-corrected chi connectivity index (χ0v) is 15.5. The third-order valence-corrected chi connectivity index (χ3v) is 9.05. The van der Waals surface area contributed by atoms with Gasteiger partial charge in [-0.15, -0.1) is 0 Å². The van der Waals surface area contributed by atoms with Gasteiger partial charge in [0.15, 0.2) is 9.84 Å². The molecule has 0 aromatic heterocycles. The molecule has 2 nitrogen and oxygen atoms in total. The summed E-state index contributed by atoms with van der Waals surface area (Å²) in [6, 6.07) is 26.3. The summed E-state index contributed by atoms with van der Waals surface area (Å²) in [4.78, 5) is 0.491. The fourth-order valence-corrected chi connectivity index (χ4v) is 7.73. The molecule has 3 aromatic carbocycles. The topological polar surface area (TPSA) is 34.1 Å². The average Bonchev–Trinajstić information content (AvgIpc) is 2.73. The van der Waals surface area contributed by atoms with Crippen LogP contribution in [0.4, 0.5) is 0 Å². The highest BCUT2D eigenvalue weighted by Crippen LogP contribution is 2.65. The first-order valence-electron chi connectivity index (χ1n) is 9.34. The van der Waals surface area contributed by atoms with E-state index in [1.807, 2.05) is 48.5 Å². The molecule has 1 atom stereocenters. The maximum atomic E-state index is 13.7. The van der Waals surface area contributed by atoms with Gasteiger partial charge in [-0.1, -0.05) is 78.9 Å². The maximum absolute atomic E-state index is 13.7. The lowest BCUT2D eigenvalue weighted by atomic mass is 9.58. The molecular formula is C24H18O2S. The molecule has 4 aliphatic rings. The second-order valence-electron chi connectivity index (χ2n) is 7.78. The van der Waals surface area contributed by atoms with Crippen LogP contribution in [-0.4, -0.2) is 13.2 Å². The van der Waals surface area contributed by atoms with Crippen molar-refractivity contribution in [1.82, 2.24) is 0 Å². The molecule has 1 spiro atoms. The van der Waals surface area contributed by atoms with E-state index in [9.17, 15) is 8.42 Å². The number of hydrogen-bond donors (Lipinski definition) is 0. The van der Waals surface area contributed by atoms with Crippen molar-refractivity contribution in [2.45, 2.75) is 23.0 Å². The maximum Gasteiger partial charge on any atom is 0.188 e. The van der Waals surface area contributed by atoms with Crippen LogP contribution >= 0.6 is 0 Å². The molecule has 0 radical (unpaired) electrons. The third-order valence-electron chi connectivity index (χ3n) is 6.60. The van der Waals surface area contributed by atoms with E-state index in [2.05, 4.69) is 36.4 Å². The number of sulfone groups is 1. The Kier molecular flexibility index (Phi) is 2.85. The van der Waals surface area contributed by atoms with Crippen molar-refractivity contribution in [1.29, 1.82) is 0 Å². The van der Waals surface area contributed by atoms with Gasteiger partial charge in [-0.05, 0) is 40.3 Å². The van der Waals surface area contributed by atoms with Gasteiger partial charge in [0.2, 0.25) is 0 Å². The molecule has 0 saturated heterocycles. The highest BCUT2D eigenvalue weighted by Gasteiger charge is 2.64. The van der Waals surface area contributed by atoms with Crippen molar-refractivity contribution in [2.24, 2.45) is 0 Å². The Morgan fingerprint density at radius 3 is 1.78 bits per heavy atom. The zero-order chi connectivity index (χ0) is 18.2. The Bertz CT molecular complexity index is 1180. The second kappa shape index (κ2) is 4.99. The van der Waals surface area contributed by atoms with Gasteiger partial charge < -0.3 is 0 Å². The van der Waals surface area contributed by atoms with Gasteiger partial charge in [-0.2, -0.15) is 0 Å². The summed E-state index contributed by atoms with van der Waals surface area (Å²) in [5.74, 6) is 0.0260. The smallest absolute Gasteiger partial charge is 0.188 e. The predicted molar refractivity (Wildman–Crippen MR) is 107 cm³/mol. The van der Waals surface area contributed by atoms with Gasteiger partial charge in [0.1, 0.15) is 4.75 Å². The molecule has 1 aliphatic heterocycles. The molecule has 0 unspecified atom stereocenters. The predicted octanol–water partition coefficient (Wildman–Crippen LogP) is 4.88. The summed E-state index contributed by atoms with van der Waals surface area (Å²) in [6.45, 7) is 0. The minimum absolute atomic E-state index is 0.118. The van der Waals surface area contributed by atoms with E-state index in [1.165, 1.54) is 22.3 Å². The zero-order valence-electron chi connectivity index (χ0n) is 14.7. The van der Waals surface area contributed by atoms with E-state index in [0.29, 0.717) is 11.3 Å². The van der Waals surface area contributed by atoms with Crippen LogP contribution in [0, 0.1) is 0 Å². The molecule has 0 saturated carbocycles. The summed E-state index contributed by atoms with van der Waals surface area (Å²) < 4.78 is 26.5. The van der Waals surface area contributed by atoms with Crippen LogP contribution in [0.3, 0.4) is 0 Å². The summed E-state index contributed by atoms with van der Waals surface area (Å²) in [5.41, 5.74) is 5.75. The minimum Gasteiger partial charge on any atom is -0.223 e. The van der Waals surface area contributed by atoms with Gasteiger partial charge in [-0.25, -0.2) is 8.42 Å². The minimum atomic E-state index is -3.39. The van der Waals surface area contributed by atoms with Crippen LogP contribution in [0.2, 0.25) is 0 Å². The molecule has 3 aliphatic carbocycles. The van der Waals surface area contributed by atoms with Crippen LogP contribution in [0.1, 0.15) is 46.1 Å². The lowest BCUT2D eigenvalue weighted by Crippen LogP contribution is -2.55. The summed E-state index contributed by atoms with van der Waals surface area (Å²) in [7, 11) is -3.39. The average molecular weight is 370 g/mol. The van der Waals surface area contributed by atoms with Crippen LogP contribution in [0.25, 0.3) is 4.91 Å². The Labute approximate surface area is 159 Å². The molecule has 0 N–H and O–H groups in total. The van der Waals surface area contributed by atoms with E-state index in [4.69, 9.17) is 0 Å². The van der Waals surface area contributed by atoms with E-state index >= 15 is 0 Å². The SMILES string of the molecule is O=S1(=O)C(c2ccccc2)=C[C@@]12CC1c3ccccc3C2c2ccccc21. The van der Waals surface area contributed by atoms with E-state index in [0.717, 1.165) is 5.56 Å². The van der Waals surface area contributed by atoms with Crippen molar-refractivity contribution >= 4 is 14.7 Å². The standard InChI is InChI=1S/C24H18O2S/c25-27(26)22(16-8-2-1-3-9-16)15-24(27)14-21-17-10-4-6-12-19(17)23(24)20-13-7-5-11-18(20)21/h1-13,15,21,23H,14H2/t21?,23?,24-/m1/s1. The van der Waals surface area contributed by atoms with Crippen LogP contribution in [-0.2, 0) is 9.84 Å². The van der Waals surface area contributed by atoms with Crippen LogP contribution < -0.4 is 0 Å². The Balaban J connectivity index is 1.63. The largest absolute Gasteiger partial charge is 0.223 e. The third kappa shape index (κ3) is 1.73. The van der Waals surface area contributed by atoms with Crippen molar-refractivity contribution in [2.75, 3.05) is 0 Å². The normalized spacial score (nSPS) is 28.8. The van der Waals surface area contributed by atoms with Crippen molar-refractivity contribution in [3.05, 3.63) is 113 Å². The summed E-state index contributed by atoms with van der Waals surface area (Å²) in [6.07, 6.45) is 2.69. The van der Waals surface area contributed by atoms with Gasteiger partial charge in [0, 0.05) is 11.8 Å². The molecule has 27 heavy (non-hydrogen) atoms. The van der Waals surface area contributed by atoms with E-state index in [-0.39, 0.29) is 11.8 Å². The summed E-state index contributed by atoms with van der Waals surface area (Å²) in [5, 5.41) is 0. The van der Waals surface area contributed by atoms with Crippen LogP contribution in [0.15, 0.2) is 84.9 Å². The van der Waals surface area contributed by atoms with Gasteiger partial charge >= 0.3 is 0 Å². The molecule has 3 heteroatoms. The highest BCUT2D eigenvalue weighted by molar-refractivity contribution is 8.03. The summed E-state index contributed by atoms with van der Waals surface area (Å²) >= 11 is 0. The van der Waals surface area contributed by atoms with Crippen molar-refractivity contribution in [3.8, 4) is 0 Å². The highest BCUT2D eigenvalue weighted by atomic mass is 32.2. The molecule has 0 amide bonds. The Morgan fingerprint density at radius 2 is 1.22 bits per heavy atom. The van der Waals surface area contributed by atoms with Gasteiger partial charge in [-0.3, -0.25) is 0 Å². The quantitative estimate of drug-likeness (QED) is 0.612. The first-order chi connectivity index (χ1) is 13.1. The van der Waals surface area contributed by atoms with Crippen LogP contribution in [0.5, 0.6) is 0 Å². The van der Waals surface area contributed by atoms with Gasteiger partial charge in [0.05, 0.1) is 4.91 Å². The van der Waals surface area contributed by atoms with E-state index < -0.39 is 14.6 Å². The van der Waals surface area contributed by atoms with Gasteiger partial charge in [0.25, 0.3) is 0 Å². The molecule has 1 heterocycles. The fourth-order valence-electron chi connectivity index (χ4n) is 5.47. The first kappa shape index (κ1) is 15.4. The monoisotopic (exact) mass is 370 g/mol. The lowest BCUT2D eigenvalue weighted by Gasteiger charge is -2.55. The molecule has 7 rings (SSSR count). The second-order valence-corrected chi connectivity index (χ2v) is 9.99. The Morgan fingerprint density at radius 1 is 0.704 bits per heavy atom. The number of benzene rings is 3. The molecule has 3 aromatic rings. The molecule has 2 bridgehead atoms. The number of rotatable bonds is 1. The Hall–Kier alpha value is -2.65. The fraction of sp³-hybridized carbons (Fsp3) is 0.167. The number of hydrogen-bond acceptors (Lipinski definition) is 2. The van der Waals surface area contributed by atoms with Crippen molar-refractivity contribution in [3.63, 3.8) is 0 Å². The van der Waals surface area contributed by atoms with E-state index in [1.54, 1.807) is 0 Å². The lowest BCUT2D eigenvalue weighted by molar-refractivity contribution is 0.424. The molecular weight excluding hydrogens is 352 g/mol. The molecule has 132 valence electrons. The van der Waals surface area contributed by atoms with Crippen molar-refractivity contribution < 1.29 is 8.42 Å². The first-order valence-corrected chi connectivity index (χ1v) is 10.8. The molecule has 0 fully saturated rings.